The zero-order chi connectivity index (χ0) is 26.1. The first-order valence-electron chi connectivity index (χ1n) is 12.6. The van der Waals surface area contributed by atoms with Gasteiger partial charge in [-0.2, -0.15) is 0 Å². The summed E-state index contributed by atoms with van der Waals surface area (Å²) in [6.45, 7) is 6.82. The summed E-state index contributed by atoms with van der Waals surface area (Å²) in [7, 11) is 0. The molecule has 1 amide bonds. The molecule has 1 fully saturated rings. The lowest BCUT2D eigenvalue weighted by atomic mass is 9.94. The minimum Gasteiger partial charge on any atom is -0.507 e. The molecule has 2 N–H and O–H groups in total. The van der Waals surface area contributed by atoms with E-state index in [9.17, 15) is 14.7 Å². The molecule has 1 atom stereocenters. The summed E-state index contributed by atoms with van der Waals surface area (Å²) in [5.41, 5.74) is 3.87. The monoisotopic (exact) mass is 494 g/mol. The number of aliphatic hydroxyl groups excluding tert-OH is 1. The lowest BCUT2D eigenvalue weighted by Gasteiger charge is -2.25. The van der Waals surface area contributed by atoms with E-state index in [1.54, 1.807) is 24.3 Å². The fourth-order valence-electron chi connectivity index (χ4n) is 4.82. The molecule has 1 aliphatic rings. The normalized spacial score (nSPS) is 17.2. The number of carbonyl (C=O) groups is 2. The highest BCUT2D eigenvalue weighted by atomic mass is 16.5. The maximum Gasteiger partial charge on any atom is 0.300 e. The standard InChI is InChI=1S/C31H30N2O4/c1-4-17-37-23-15-11-21(12-16-23)29(34)27-28(25-18-32-26-8-6-5-7-24(25)26)33(31(36)30(27)35)22-13-9-20(10-14-22)19(2)3/h5-16,18-19,28,32,34H,4,17H2,1-3H3/b29-27+. The summed E-state index contributed by atoms with van der Waals surface area (Å²) in [6.07, 6.45) is 2.69. The van der Waals surface area contributed by atoms with Crippen molar-refractivity contribution < 1.29 is 19.4 Å². The Balaban J connectivity index is 1.66. The number of rotatable bonds is 7. The van der Waals surface area contributed by atoms with E-state index >= 15 is 0 Å². The second-order valence-electron chi connectivity index (χ2n) is 9.58. The summed E-state index contributed by atoms with van der Waals surface area (Å²) >= 11 is 0. The van der Waals surface area contributed by atoms with Crippen LogP contribution in [-0.4, -0.2) is 28.4 Å². The fourth-order valence-corrected chi connectivity index (χ4v) is 4.82. The third-order valence-electron chi connectivity index (χ3n) is 6.80. The van der Waals surface area contributed by atoms with E-state index in [-0.39, 0.29) is 11.3 Å². The summed E-state index contributed by atoms with van der Waals surface area (Å²) in [4.78, 5) is 31.7. The largest absolute Gasteiger partial charge is 0.507 e. The molecule has 0 spiro atoms. The van der Waals surface area contributed by atoms with E-state index in [0.29, 0.717) is 29.5 Å². The molecule has 1 saturated heterocycles. The lowest BCUT2D eigenvalue weighted by molar-refractivity contribution is -0.132. The minimum absolute atomic E-state index is 0.0601. The number of amides is 1. The van der Waals surface area contributed by atoms with Gasteiger partial charge < -0.3 is 14.8 Å². The van der Waals surface area contributed by atoms with Gasteiger partial charge in [-0.15, -0.1) is 0 Å². The Labute approximate surface area is 216 Å². The first-order chi connectivity index (χ1) is 17.9. The van der Waals surface area contributed by atoms with Crippen LogP contribution in [0.2, 0.25) is 0 Å². The van der Waals surface area contributed by atoms with Crippen molar-refractivity contribution in [3.63, 3.8) is 0 Å². The number of benzene rings is 3. The summed E-state index contributed by atoms with van der Waals surface area (Å²) in [5, 5.41) is 12.3. The van der Waals surface area contributed by atoms with Crippen LogP contribution in [0.25, 0.3) is 16.7 Å². The van der Waals surface area contributed by atoms with Gasteiger partial charge in [-0.05, 0) is 60.4 Å². The molecule has 3 aromatic carbocycles. The van der Waals surface area contributed by atoms with E-state index in [0.717, 1.165) is 28.5 Å². The molecule has 1 unspecified atom stereocenters. The number of nitrogens with one attached hydrogen (secondary N) is 1. The number of ketones is 1. The zero-order valence-electron chi connectivity index (χ0n) is 21.2. The van der Waals surface area contributed by atoms with Crippen LogP contribution < -0.4 is 9.64 Å². The molecule has 6 nitrogen and oxygen atoms in total. The number of ether oxygens (including phenoxy) is 1. The number of carbonyl (C=O) groups excluding carboxylic acids is 2. The van der Waals surface area contributed by atoms with Crippen molar-refractivity contribution in [1.82, 2.24) is 4.98 Å². The van der Waals surface area contributed by atoms with Crippen molar-refractivity contribution in [3.8, 4) is 5.75 Å². The van der Waals surface area contributed by atoms with E-state index in [4.69, 9.17) is 4.74 Å². The van der Waals surface area contributed by atoms with Crippen molar-refractivity contribution in [2.45, 2.75) is 39.2 Å². The van der Waals surface area contributed by atoms with Crippen LogP contribution >= 0.6 is 0 Å². The molecule has 5 rings (SSSR count). The third kappa shape index (κ3) is 4.40. The number of fused-ring (bicyclic) bond motifs is 1. The second-order valence-corrected chi connectivity index (χ2v) is 9.58. The van der Waals surface area contributed by atoms with E-state index < -0.39 is 17.7 Å². The van der Waals surface area contributed by atoms with Crippen molar-refractivity contribution in [1.29, 1.82) is 0 Å². The average molecular weight is 495 g/mol. The van der Waals surface area contributed by atoms with Crippen LogP contribution in [0.3, 0.4) is 0 Å². The van der Waals surface area contributed by atoms with E-state index in [1.165, 1.54) is 4.90 Å². The quantitative estimate of drug-likeness (QED) is 0.170. The molecular formula is C31H30N2O4. The van der Waals surface area contributed by atoms with Gasteiger partial charge in [0, 0.05) is 33.9 Å². The highest BCUT2D eigenvalue weighted by Gasteiger charge is 2.47. The Morgan fingerprint density at radius 3 is 2.38 bits per heavy atom. The molecule has 2 heterocycles. The maximum absolute atomic E-state index is 13.5. The van der Waals surface area contributed by atoms with Crippen molar-refractivity contribution >= 4 is 34.0 Å². The maximum atomic E-state index is 13.5. The van der Waals surface area contributed by atoms with Gasteiger partial charge in [0.25, 0.3) is 11.7 Å². The molecule has 1 aromatic heterocycles. The highest BCUT2D eigenvalue weighted by molar-refractivity contribution is 6.51. The SMILES string of the molecule is CCCOc1ccc(/C(O)=C2\C(=O)C(=O)N(c3ccc(C(C)C)cc3)C2c2c[nH]c3ccccc23)cc1. The highest BCUT2D eigenvalue weighted by Crippen LogP contribution is 2.44. The Hall–Kier alpha value is -4.32. The van der Waals surface area contributed by atoms with Crippen LogP contribution in [0.5, 0.6) is 5.75 Å². The second kappa shape index (κ2) is 9.97. The smallest absolute Gasteiger partial charge is 0.300 e. The number of aromatic amines is 1. The summed E-state index contributed by atoms with van der Waals surface area (Å²) in [6, 6.07) is 21.5. The number of hydrogen-bond acceptors (Lipinski definition) is 4. The van der Waals surface area contributed by atoms with Crippen LogP contribution in [0.4, 0.5) is 5.69 Å². The van der Waals surface area contributed by atoms with Crippen molar-refractivity contribution in [2.75, 3.05) is 11.5 Å². The number of para-hydroxylation sites is 1. The molecule has 188 valence electrons. The molecule has 4 aromatic rings. The Morgan fingerprint density at radius 1 is 1.00 bits per heavy atom. The van der Waals surface area contributed by atoms with Gasteiger partial charge in [-0.3, -0.25) is 14.5 Å². The van der Waals surface area contributed by atoms with Gasteiger partial charge in [0.05, 0.1) is 18.2 Å². The number of aromatic nitrogens is 1. The Kier molecular flexibility index (Phi) is 6.57. The Morgan fingerprint density at radius 2 is 1.70 bits per heavy atom. The van der Waals surface area contributed by atoms with E-state index in [2.05, 4.69) is 18.8 Å². The van der Waals surface area contributed by atoms with Gasteiger partial charge >= 0.3 is 0 Å². The third-order valence-corrected chi connectivity index (χ3v) is 6.80. The van der Waals surface area contributed by atoms with Crippen LogP contribution in [0.15, 0.2) is 84.6 Å². The predicted molar refractivity (Wildman–Crippen MR) is 146 cm³/mol. The number of Topliss-reactive ketones (excluding diaryl/α,β-unsaturated/α-hetero) is 1. The van der Waals surface area contributed by atoms with Gasteiger partial charge in [0.2, 0.25) is 0 Å². The van der Waals surface area contributed by atoms with Crippen molar-refractivity contribution in [2.24, 2.45) is 0 Å². The average Bonchev–Trinajstić information content (AvgIpc) is 3.45. The topological polar surface area (TPSA) is 82.6 Å². The lowest BCUT2D eigenvalue weighted by Crippen LogP contribution is -2.29. The molecule has 0 saturated carbocycles. The molecule has 1 aliphatic heterocycles. The molecule has 6 heteroatoms. The summed E-state index contributed by atoms with van der Waals surface area (Å²) < 4.78 is 5.65. The number of anilines is 1. The molecule has 0 aliphatic carbocycles. The zero-order valence-corrected chi connectivity index (χ0v) is 21.2. The molecular weight excluding hydrogens is 464 g/mol. The predicted octanol–water partition coefficient (Wildman–Crippen LogP) is 6.71. The van der Waals surface area contributed by atoms with Crippen LogP contribution in [0, 0.1) is 0 Å². The minimum atomic E-state index is -0.794. The Bertz CT molecular complexity index is 1480. The van der Waals surface area contributed by atoms with Crippen molar-refractivity contribution in [3.05, 3.63) is 101 Å². The van der Waals surface area contributed by atoms with Crippen LogP contribution in [-0.2, 0) is 9.59 Å². The fraction of sp³-hybridized carbons (Fsp3) is 0.226. The number of aliphatic hydroxyl groups is 1. The van der Waals surface area contributed by atoms with Gasteiger partial charge in [0.1, 0.15) is 11.5 Å². The van der Waals surface area contributed by atoms with Gasteiger partial charge in [-0.1, -0.05) is 51.1 Å². The van der Waals surface area contributed by atoms with Gasteiger partial charge in [0.15, 0.2) is 0 Å². The van der Waals surface area contributed by atoms with Crippen LogP contribution in [0.1, 0.15) is 55.8 Å². The molecule has 37 heavy (non-hydrogen) atoms. The first kappa shape index (κ1) is 24.4. The number of hydrogen-bond donors (Lipinski definition) is 2. The molecule has 0 radical (unpaired) electrons. The number of H-pyrrole nitrogens is 1. The first-order valence-corrected chi connectivity index (χ1v) is 12.6. The van der Waals surface area contributed by atoms with E-state index in [1.807, 2.05) is 61.7 Å². The molecule has 0 bridgehead atoms. The van der Waals surface area contributed by atoms with Gasteiger partial charge in [-0.25, -0.2) is 0 Å². The number of nitrogens with zero attached hydrogens (tertiary/aromatic N) is 1. The summed E-state index contributed by atoms with van der Waals surface area (Å²) in [5.74, 6) is -0.587.